The highest BCUT2D eigenvalue weighted by atomic mass is 32.2. The van der Waals surface area contributed by atoms with Gasteiger partial charge in [0.25, 0.3) is 0 Å². The Morgan fingerprint density at radius 1 is 1.13 bits per heavy atom. The lowest BCUT2D eigenvalue weighted by Crippen LogP contribution is -2.59. The normalized spacial score (nSPS) is 33.2. The van der Waals surface area contributed by atoms with Gasteiger partial charge in [0.1, 0.15) is 6.04 Å². The Morgan fingerprint density at radius 2 is 1.82 bits per heavy atom. The molecule has 7 nitrogen and oxygen atoms in total. The Morgan fingerprint density at radius 3 is 2.39 bits per heavy atom. The van der Waals surface area contributed by atoms with Gasteiger partial charge < -0.3 is 19.8 Å². The third-order valence-corrected chi connectivity index (χ3v) is 11.6. The van der Waals surface area contributed by atoms with Crippen LogP contribution in [0, 0.1) is 11.8 Å². The molecule has 0 aromatic carbocycles. The lowest BCUT2D eigenvalue weighted by atomic mass is 9.66. The predicted octanol–water partition coefficient (Wildman–Crippen LogP) is 4.01. The van der Waals surface area contributed by atoms with Gasteiger partial charge in [-0.15, -0.1) is 24.9 Å². The molecular formula is C30H47N3O4S. The van der Waals surface area contributed by atoms with Crippen molar-refractivity contribution in [2.45, 2.75) is 106 Å². The molecule has 1 spiro atoms. The van der Waals surface area contributed by atoms with Crippen LogP contribution in [0.3, 0.4) is 0 Å². The lowest BCUT2D eigenvalue weighted by Gasteiger charge is -2.42. The maximum atomic E-state index is 14.7. The average Bonchev–Trinajstić information content (AvgIpc) is 3.48. The van der Waals surface area contributed by atoms with Gasteiger partial charge in [0, 0.05) is 30.4 Å². The summed E-state index contributed by atoms with van der Waals surface area (Å²) in [5.41, 5.74) is 0. The molecule has 4 rings (SSSR count). The van der Waals surface area contributed by atoms with Crippen LogP contribution in [-0.2, 0) is 14.4 Å². The zero-order chi connectivity index (χ0) is 27.7. The van der Waals surface area contributed by atoms with Crippen molar-refractivity contribution < 1.29 is 19.5 Å². The molecule has 3 amide bonds. The summed E-state index contributed by atoms with van der Waals surface area (Å²) in [6, 6.07) is -0.987. The molecule has 0 radical (unpaired) electrons. The van der Waals surface area contributed by atoms with E-state index in [1.807, 2.05) is 23.6 Å². The molecule has 2 unspecified atom stereocenters. The number of carbonyl (C=O) groups is 3. The number of likely N-dealkylation sites (tertiary alicyclic amines) is 1. The number of amides is 3. The minimum Gasteiger partial charge on any atom is -0.394 e. The summed E-state index contributed by atoms with van der Waals surface area (Å²) in [5.74, 6) is -1.20. The molecule has 1 saturated carbocycles. The summed E-state index contributed by atoms with van der Waals surface area (Å²) in [4.78, 5) is 48.7. The Bertz CT molecular complexity index is 932. The zero-order valence-electron chi connectivity index (χ0n) is 23.6. The van der Waals surface area contributed by atoms with Crippen LogP contribution in [0.5, 0.6) is 0 Å². The fraction of sp³-hybridized carbons (Fsp3) is 0.767. The second-order valence-electron chi connectivity index (χ2n) is 11.9. The number of aliphatic hydroxyl groups is 1. The van der Waals surface area contributed by atoms with E-state index in [2.05, 4.69) is 20.1 Å². The lowest BCUT2D eigenvalue weighted by molar-refractivity contribution is -0.148. The second kappa shape index (κ2) is 11.7. The van der Waals surface area contributed by atoms with Crippen molar-refractivity contribution in [2.75, 3.05) is 26.2 Å². The van der Waals surface area contributed by atoms with Crippen LogP contribution in [0.15, 0.2) is 25.3 Å². The number of aliphatic hydroxyl groups excluding tert-OH is 1. The standard InChI is InChI=1S/C30H47N3O4S/c1-6-17-31(18-7-2)26(35)23-24-27(36)33(21(9-4)20-34)25(30(24)16-15-29(23,5)38-30)28(37)32(19-8-3)22-13-11-10-12-14-22/h6,8,21-25,34H,1,3,7,9-20H2,2,4-5H3/t21-,23+,24-,25?,29-,30?/m0/s1. The third kappa shape index (κ3) is 4.63. The monoisotopic (exact) mass is 545 g/mol. The number of hydrogen-bond acceptors (Lipinski definition) is 5. The summed E-state index contributed by atoms with van der Waals surface area (Å²) in [6.45, 7) is 15.2. The minimum absolute atomic E-state index is 0.00185. The Hall–Kier alpha value is -1.80. The Balaban J connectivity index is 1.79. The van der Waals surface area contributed by atoms with Gasteiger partial charge in [-0.25, -0.2) is 0 Å². The summed E-state index contributed by atoms with van der Waals surface area (Å²) in [5, 5.41) is 10.4. The van der Waals surface area contributed by atoms with Crippen LogP contribution in [0.2, 0.25) is 0 Å². The van der Waals surface area contributed by atoms with Crippen LogP contribution < -0.4 is 0 Å². The molecule has 6 atom stereocenters. The van der Waals surface area contributed by atoms with E-state index in [0.29, 0.717) is 26.1 Å². The first kappa shape index (κ1) is 29.2. The van der Waals surface area contributed by atoms with Crippen molar-refractivity contribution in [3.05, 3.63) is 25.3 Å². The van der Waals surface area contributed by atoms with E-state index in [1.54, 1.807) is 28.8 Å². The van der Waals surface area contributed by atoms with E-state index in [4.69, 9.17) is 0 Å². The van der Waals surface area contributed by atoms with Gasteiger partial charge in [-0.05, 0) is 45.4 Å². The van der Waals surface area contributed by atoms with Crippen LogP contribution >= 0.6 is 11.8 Å². The topological polar surface area (TPSA) is 81.2 Å². The molecule has 3 heterocycles. The number of thioether (sulfide) groups is 1. The smallest absolute Gasteiger partial charge is 0.247 e. The molecule has 1 N–H and O–H groups in total. The molecule has 4 fully saturated rings. The van der Waals surface area contributed by atoms with Gasteiger partial charge in [-0.1, -0.05) is 45.3 Å². The van der Waals surface area contributed by atoms with Crippen LogP contribution in [0.1, 0.15) is 78.6 Å². The van der Waals surface area contributed by atoms with E-state index in [1.165, 1.54) is 6.42 Å². The fourth-order valence-corrected chi connectivity index (χ4v) is 10.2. The van der Waals surface area contributed by atoms with Crippen molar-refractivity contribution in [3.8, 4) is 0 Å². The molecule has 8 heteroatoms. The SMILES string of the molecule is C=CCN(CCC)C(=O)[C@H]1[C@H]2C(=O)N([C@@H](CC)CO)C(C(=O)N(CC=C)C3CCCCC3)C23CC[C@]1(C)S3. The quantitative estimate of drug-likeness (QED) is 0.375. The van der Waals surface area contributed by atoms with E-state index in [-0.39, 0.29) is 30.4 Å². The third-order valence-electron chi connectivity index (χ3n) is 9.57. The number of fused-ring (bicyclic) bond motifs is 1. The maximum absolute atomic E-state index is 14.7. The molecule has 0 aromatic heterocycles. The van der Waals surface area contributed by atoms with Crippen molar-refractivity contribution in [1.29, 1.82) is 0 Å². The summed E-state index contributed by atoms with van der Waals surface area (Å²) >= 11 is 1.72. The molecule has 212 valence electrons. The molecule has 1 aliphatic carbocycles. The van der Waals surface area contributed by atoms with Gasteiger partial charge in [0.15, 0.2) is 0 Å². The first-order valence-electron chi connectivity index (χ1n) is 14.7. The molecule has 0 aromatic rings. The Kier molecular flexibility index (Phi) is 9.02. The van der Waals surface area contributed by atoms with E-state index >= 15 is 0 Å². The highest BCUT2D eigenvalue weighted by Gasteiger charge is 2.78. The van der Waals surface area contributed by atoms with Crippen LogP contribution in [-0.4, -0.2) is 91.4 Å². The summed E-state index contributed by atoms with van der Waals surface area (Å²) in [6.07, 6.45) is 11.8. The van der Waals surface area contributed by atoms with Gasteiger partial charge in [0.2, 0.25) is 17.7 Å². The minimum atomic E-state index is -0.678. The van der Waals surface area contributed by atoms with Crippen LogP contribution in [0.4, 0.5) is 0 Å². The molecular weight excluding hydrogens is 498 g/mol. The highest BCUT2D eigenvalue weighted by molar-refractivity contribution is 8.02. The van der Waals surface area contributed by atoms with Crippen molar-refractivity contribution >= 4 is 29.5 Å². The number of hydrogen-bond donors (Lipinski definition) is 1. The average molecular weight is 546 g/mol. The first-order chi connectivity index (χ1) is 18.2. The summed E-state index contributed by atoms with van der Waals surface area (Å²) < 4.78 is -1.06. The van der Waals surface area contributed by atoms with Gasteiger partial charge >= 0.3 is 0 Å². The largest absolute Gasteiger partial charge is 0.394 e. The van der Waals surface area contributed by atoms with E-state index in [9.17, 15) is 19.5 Å². The molecule has 4 aliphatic rings. The predicted molar refractivity (Wildman–Crippen MR) is 153 cm³/mol. The molecule has 3 saturated heterocycles. The Labute approximate surface area is 233 Å². The van der Waals surface area contributed by atoms with Gasteiger partial charge in [0.05, 0.1) is 29.2 Å². The number of rotatable bonds is 12. The molecule has 2 bridgehead atoms. The molecule has 3 aliphatic heterocycles. The van der Waals surface area contributed by atoms with Crippen molar-refractivity contribution in [1.82, 2.24) is 14.7 Å². The van der Waals surface area contributed by atoms with Gasteiger partial charge in [-0.2, -0.15) is 0 Å². The van der Waals surface area contributed by atoms with E-state index < -0.39 is 33.4 Å². The van der Waals surface area contributed by atoms with Crippen molar-refractivity contribution in [2.24, 2.45) is 11.8 Å². The number of carbonyl (C=O) groups excluding carboxylic acids is 3. The maximum Gasteiger partial charge on any atom is 0.247 e. The van der Waals surface area contributed by atoms with E-state index in [0.717, 1.165) is 44.9 Å². The van der Waals surface area contributed by atoms with Gasteiger partial charge in [-0.3, -0.25) is 14.4 Å². The second-order valence-corrected chi connectivity index (χ2v) is 13.8. The highest BCUT2D eigenvalue weighted by Crippen LogP contribution is 2.72. The first-order valence-corrected chi connectivity index (χ1v) is 15.5. The zero-order valence-corrected chi connectivity index (χ0v) is 24.4. The van der Waals surface area contributed by atoms with Crippen molar-refractivity contribution in [3.63, 3.8) is 0 Å². The van der Waals surface area contributed by atoms with Crippen LogP contribution in [0.25, 0.3) is 0 Å². The summed E-state index contributed by atoms with van der Waals surface area (Å²) in [7, 11) is 0. The molecule has 38 heavy (non-hydrogen) atoms. The fourth-order valence-electron chi connectivity index (χ4n) is 7.85. The number of nitrogens with zero attached hydrogens (tertiary/aromatic N) is 3.